The van der Waals surface area contributed by atoms with Crippen LogP contribution < -0.4 is 4.72 Å². The molecule has 0 unspecified atom stereocenters. The van der Waals surface area contributed by atoms with Gasteiger partial charge in [-0.05, 0) is 50.2 Å². The molecule has 148 valence electrons. The molecule has 27 heavy (non-hydrogen) atoms. The maximum absolute atomic E-state index is 13.0. The van der Waals surface area contributed by atoms with Crippen LogP contribution in [0.5, 0.6) is 0 Å². The number of carbonyl (C=O) groups is 1. The average Bonchev–Trinajstić information content (AvgIpc) is 2.65. The van der Waals surface area contributed by atoms with E-state index < -0.39 is 15.8 Å². The standard InChI is InChI=1S/C18H25FN4O3S/c1-22(11-2-10-20)18(24)9-14-23-12-7-16(8-13-23)21-27(25,26)17-5-3-15(19)4-6-17/h3-6,16,21H,2,7-9,11-14H2,1H3. The predicted octanol–water partition coefficient (Wildman–Crippen LogP) is 1.33. The second kappa shape index (κ2) is 9.78. The Bertz CT molecular complexity index is 769. The molecule has 0 aliphatic carbocycles. The van der Waals surface area contributed by atoms with Crippen molar-refractivity contribution in [2.45, 2.75) is 36.6 Å². The van der Waals surface area contributed by atoms with Crippen molar-refractivity contribution in [1.29, 1.82) is 5.26 Å². The Morgan fingerprint density at radius 1 is 1.33 bits per heavy atom. The van der Waals surface area contributed by atoms with Crippen LogP contribution in [0.1, 0.15) is 25.7 Å². The summed E-state index contributed by atoms with van der Waals surface area (Å²) in [4.78, 5) is 15.7. The number of hydrogen-bond donors (Lipinski definition) is 1. The van der Waals surface area contributed by atoms with Gasteiger partial charge in [-0.1, -0.05) is 0 Å². The normalized spacial score (nSPS) is 16.0. The molecule has 0 saturated carbocycles. The minimum atomic E-state index is -3.66. The minimum absolute atomic E-state index is 0.00406. The van der Waals surface area contributed by atoms with Crippen LogP contribution >= 0.6 is 0 Å². The summed E-state index contributed by atoms with van der Waals surface area (Å²) in [6.45, 7) is 2.45. The molecule has 1 aliphatic rings. The van der Waals surface area contributed by atoms with Gasteiger partial charge in [-0.15, -0.1) is 0 Å². The Labute approximate surface area is 159 Å². The molecule has 2 rings (SSSR count). The molecule has 1 amide bonds. The summed E-state index contributed by atoms with van der Waals surface area (Å²) < 4.78 is 40.3. The van der Waals surface area contributed by atoms with E-state index in [4.69, 9.17) is 5.26 Å². The van der Waals surface area contributed by atoms with Crippen LogP contribution in [0.15, 0.2) is 29.2 Å². The van der Waals surface area contributed by atoms with Gasteiger partial charge in [0, 0.05) is 32.6 Å². The second-order valence-corrected chi connectivity index (χ2v) is 8.38. The number of nitriles is 1. The highest BCUT2D eigenvalue weighted by Crippen LogP contribution is 2.16. The van der Waals surface area contributed by atoms with Gasteiger partial charge in [0.2, 0.25) is 15.9 Å². The number of halogens is 1. The summed E-state index contributed by atoms with van der Waals surface area (Å²) in [5.74, 6) is -0.473. The Hall–Kier alpha value is -2.02. The number of benzene rings is 1. The van der Waals surface area contributed by atoms with Crippen molar-refractivity contribution in [3.8, 4) is 6.07 Å². The maximum Gasteiger partial charge on any atom is 0.240 e. The molecule has 1 fully saturated rings. The number of rotatable bonds is 8. The monoisotopic (exact) mass is 396 g/mol. The topological polar surface area (TPSA) is 93.5 Å². The van der Waals surface area contributed by atoms with E-state index in [1.165, 1.54) is 12.1 Å². The third-order valence-electron chi connectivity index (χ3n) is 4.66. The summed E-state index contributed by atoms with van der Waals surface area (Å²) in [5.41, 5.74) is 0. The molecular weight excluding hydrogens is 371 g/mol. The fourth-order valence-corrected chi connectivity index (χ4v) is 4.27. The van der Waals surface area contributed by atoms with Gasteiger partial charge in [-0.25, -0.2) is 17.5 Å². The van der Waals surface area contributed by atoms with Gasteiger partial charge in [0.25, 0.3) is 0 Å². The lowest BCUT2D eigenvalue weighted by Gasteiger charge is -2.32. The molecule has 1 aliphatic heterocycles. The molecule has 9 heteroatoms. The minimum Gasteiger partial charge on any atom is -0.345 e. The fraction of sp³-hybridized carbons (Fsp3) is 0.556. The molecule has 1 aromatic rings. The summed E-state index contributed by atoms with van der Waals surface area (Å²) in [5, 5.41) is 8.56. The molecule has 0 bridgehead atoms. The van der Waals surface area contributed by atoms with Crippen LogP contribution in [0.3, 0.4) is 0 Å². The van der Waals surface area contributed by atoms with E-state index in [1.807, 2.05) is 6.07 Å². The number of piperidine rings is 1. The van der Waals surface area contributed by atoms with Gasteiger partial charge >= 0.3 is 0 Å². The number of nitrogens with one attached hydrogen (secondary N) is 1. The zero-order chi connectivity index (χ0) is 19.9. The van der Waals surface area contributed by atoms with Gasteiger partial charge in [0.05, 0.1) is 17.4 Å². The molecule has 0 aromatic heterocycles. The van der Waals surface area contributed by atoms with E-state index in [1.54, 1.807) is 11.9 Å². The highest BCUT2D eigenvalue weighted by molar-refractivity contribution is 7.89. The largest absolute Gasteiger partial charge is 0.345 e. The highest BCUT2D eigenvalue weighted by Gasteiger charge is 2.25. The lowest BCUT2D eigenvalue weighted by molar-refractivity contribution is -0.130. The number of carbonyl (C=O) groups excluding carboxylic acids is 1. The number of sulfonamides is 1. The Balaban J connectivity index is 1.76. The molecule has 0 spiro atoms. The summed E-state index contributed by atoms with van der Waals surface area (Å²) >= 11 is 0. The summed E-state index contributed by atoms with van der Waals surface area (Å²) in [6, 6.07) is 6.60. The smallest absolute Gasteiger partial charge is 0.240 e. The Morgan fingerprint density at radius 3 is 2.56 bits per heavy atom. The predicted molar refractivity (Wildman–Crippen MR) is 98.7 cm³/mol. The summed E-state index contributed by atoms with van der Waals surface area (Å²) in [7, 11) is -1.97. The van der Waals surface area contributed by atoms with E-state index in [-0.39, 0.29) is 16.8 Å². The van der Waals surface area contributed by atoms with Crippen molar-refractivity contribution in [3.05, 3.63) is 30.1 Å². The first-order chi connectivity index (χ1) is 12.8. The van der Waals surface area contributed by atoms with E-state index in [0.29, 0.717) is 51.9 Å². The van der Waals surface area contributed by atoms with Crippen LogP contribution in [0.2, 0.25) is 0 Å². The van der Waals surface area contributed by atoms with Crippen molar-refractivity contribution in [1.82, 2.24) is 14.5 Å². The van der Waals surface area contributed by atoms with Crippen LogP contribution in [0, 0.1) is 17.1 Å². The first kappa shape index (κ1) is 21.3. The van der Waals surface area contributed by atoms with Gasteiger partial charge < -0.3 is 9.80 Å². The number of likely N-dealkylation sites (tertiary alicyclic amines) is 1. The van der Waals surface area contributed by atoms with E-state index in [2.05, 4.69) is 9.62 Å². The van der Waals surface area contributed by atoms with Gasteiger partial charge in [-0.3, -0.25) is 4.79 Å². The van der Waals surface area contributed by atoms with Crippen LogP contribution in [0.25, 0.3) is 0 Å². The number of hydrogen-bond acceptors (Lipinski definition) is 5. The first-order valence-electron chi connectivity index (χ1n) is 8.93. The quantitative estimate of drug-likeness (QED) is 0.716. The van der Waals surface area contributed by atoms with Crippen LogP contribution in [0.4, 0.5) is 4.39 Å². The van der Waals surface area contributed by atoms with Crippen molar-refractivity contribution >= 4 is 15.9 Å². The number of amides is 1. The third kappa shape index (κ3) is 6.57. The van der Waals surface area contributed by atoms with Gasteiger partial charge in [0.1, 0.15) is 5.82 Å². The van der Waals surface area contributed by atoms with Crippen LogP contribution in [-0.2, 0) is 14.8 Å². The lowest BCUT2D eigenvalue weighted by atomic mass is 10.1. The zero-order valence-electron chi connectivity index (χ0n) is 15.4. The zero-order valence-corrected chi connectivity index (χ0v) is 16.2. The third-order valence-corrected chi connectivity index (χ3v) is 6.20. The van der Waals surface area contributed by atoms with E-state index in [9.17, 15) is 17.6 Å². The highest BCUT2D eigenvalue weighted by atomic mass is 32.2. The second-order valence-electron chi connectivity index (χ2n) is 6.66. The molecule has 0 radical (unpaired) electrons. The van der Waals surface area contributed by atoms with Crippen molar-refractivity contribution in [3.63, 3.8) is 0 Å². The lowest BCUT2D eigenvalue weighted by Crippen LogP contribution is -2.45. The van der Waals surface area contributed by atoms with Gasteiger partial charge in [-0.2, -0.15) is 5.26 Å². The number of nitrogens with zero attached hydrogens (tertiary/aromatic N) is 3. The Morgan fingerprint density at radius 2 is 1.96 bits per heavy atom. The molecule has 1 N–H and O–H groups in total. The fourth-order valence-electron chi connectivity index (χ4n) is 2.96. The molecule has 7 nitrogen and oxygen atoms in total. The van der Waals surface area contributed by atoms with Crippen molar-refractivity contribution in [2.24, 2.45) is 0 Å². The maximum atomic E-state index is 13.0. The van der Waals surface area contributed by atoms with E-state index >= 15 is 0 Å². The first-order valence-corrected chi connectivity index (χ1v) is 10.4. The summed E-state index contributed by atoms with van der Waals surface area (Å²) in [6.07, 6.45) is 2.01. The van der Waals surface area contributed by atoms with Gasteiger partial charge in [0.15, 0.2) is 0 Å². The SMILES string of the molecule is CN(CCC#N)C(=O)CCN1CCC(NS(=O)(=O)c2ccc(F)cc2)CC1. The molecule has 0 atom stereocenters. The van der Waals surface area contributed by atoms with Crippen LogP contribution in [-0.4, -0.2) is 63.4 Å². The molecular formula is C18H25FN4O3S. The van der Waals surface area contributed by atoms with E-state index in [0.717, 1.165) is 12.1 Å². The molecule has 1 saturated heterocycles. The molecule has 1 heterocycles. The Kier molecular flexibility index (Phi) is 7.71. The van der Waals surface area contributed by atoms with Crippen molar-refractivity contribution < 1.29 is 17.6 Å². The molecule has 1 aromatic carbocycles. The van der Waals surface area contributed by atoms with Crippen molar-refractivity contribution in [2.75, 3.05) is 33.2 Å². The average molecular weight is 396 g/mol.